The Balaban J connectivity index is 1.89. The van der Waals surface area contributed by atoms with Crippen molar-refractivity contribution >= 4 is 28.6 Å². The number of anilines is 3. The summed E-state index contributed by atoms with van der Waals surface area (Å²) in [5, 5.41) is 3.35. The summed E-state index contributed by atoms with van der Waals surface area (Å²) in [5.41, 5.74) is 2.74. The third kappa shape index (κ3) is 3.74. The van der Waals surface area contributed by atoms with E-state index < -0.39 is 0 Å². The molecule has 0 unspecified atom stereocenters. The molecule has 0 saturated carbocycles. The highest BCUT2D eigenvalue weighted by Gasteiger charge is 2.13. The van der Waals surface area contributed by atoms with Crippen molar-refractivity contribution in [1.29, 1.82) is 0 Å². The zero-order valence-corrected chi connectivity index (χ0v) is 16.0. The van der Waals surface area contributed by atoms with E-state index in [1.54, 1.807) is 7.11 Å². The molecule has 2 aromatic heterocycles. The van der Waals surface area contributed by atoms with Crippen molar-refractivity contribution in [1.82, 2.24) is 14.5 Å². The largest absolute Gasteiger partial charge is 0.497 e. The Morgan fingerprint density at radius 3 is 2.31 bits per heavy atom. The number of rotatable bonds is 8. The number of aromatic nitrogens is 3. The molecule has 0 fully saturated rings. The number of methoxy groups -OCH3 is 1. The fourth-order valence-electron chi connectivity index (χ4n) is 3.03. The van der Waals surface area contributed by atoms with Gasteiger partial charge in [0.05, 0.1) is 7.11 Å². The van der Waals surface area contributed by atoms with Gasteiger partial charge >= 0.3 is 0 Å². The Morgan fingerprint density at radius 1 is 1.00 bits per heavy atom. The first-order valence-corrected chi connectivity index (χ1v) is 9.15. The van der Waals surface area contributed by atoms with Gasteiger partial charge in [-0.15, -0.1) is 0 Å². The molecule has 0 saturated heterocycles. The van der Waals surface area contributed by atoms with Gasteiger partial charge in [-0.1, -0.05) is 13.8 Å². The first-order chi connectivity index (χ1) is 12.7. The number of fused-ring (bicyclic) bond motifs is 1. The molecule has 6 heteroatoms. The third-order valence-corrected chi connectivity index (χ3v) is 4.36. The molecule has 0 aliphatic heterocycles. The third-order valence-electron chi connectivity index (χ3n) is 4.36. The van der Waals surface area contributed by atoms with Crippen LogP contribution in [0.25, 0.3) is 11.2 Å². The fraction of sp³-hybridized carbons (Fsp3) is 0.400. The summed E-state index contributed by atoms with van der Waals surface area (Å²) in [4.78, 5) is 11.9. The second kappa shape index (κ2) is 8.08. The smallest absolute Gasteiger partial charge is 0.209 e. The zero-order chi connectivity index (χ0) is 18.5. The van der Waals surface area contributed by atoms with E-state index in [2.05, 4.69) is 41.2 Å². The van der Waals surface area contributed by atoms with Crippen LogP contribution in [0.1, 0.15) is 26.7 Å². The molecule has 6 nitrogen and oxygen atoms in total. The number of benzene rings is 1. The molecule has 3 aromatic rings. The summed E-state index contributed by atoms with van der Waals surface area (Å²) < 4.78 is 7.20. The van der Waals surface area contributed by atoms with Gasteiger partial charge in [0, 0.05) is 25.8 Å². The number of ether oxygens (including phenoxy) is 1. The predicted octanol–water partition coefficient (Wildman–Crippen LogP) is 4.35. The van der Waals surface area contributed by atoms with Crippen LogP contribution in [0.4, 0.5) is 17.5 Å². The molecule has 0 amide bonds. The van der Waals surface area contributed by atoms with Gasteiger partial charge in [0.25, 0.3) is 0 Å². The Labute approximate surface area is 154 Å². The molecule has 0 atom stereocenters. The van der Waals surface area contributed by atoms with Gasteiger partial charge in [0.1, 0.15) is 17.1 Å². The number of pyridine rings is 1. The van der Waals surface area contributed by atoms with Crippen LogP contribution in [0.5, 0.6) is 5.75 Å². The number of hydrogen-bond donors (Lipinski definition) is 1. The van der Waals surface area contributed by atoms with Crippen molar-refractivity contribution < 1.29 is 4.74 Å². The number of aryl methyl sites for hydroxylation is 1. The predicted molar refractivity (Wildman–Crippen MR) is 108 cm³/mol. The number of nitrogens with zero attached hydrogens (tertiary/aromatic N) is 4. The number of imidazole rings is 1. The molecular weight excluding hydrogens is 326 g/mol. The van der Waals surface area contributed by atoms with E-state index in [0.717, 1.165) is 60.3 Å². The van der Waals surface area contributed by atoms with Crippen LogP contribution in [-0.4, -0.2) is 34.7 Å². The highest BCUT2D eigenvalue weighted by Crippen LogP contribution is 2.24. The minimum Gasteiger partial charge on any atom is -0.497 e. The van der Waals surface area contributed by atoms with Crippen molar-refractivity contribution in [3.8, 4) is 5.75 Å². The van der Waals surface area contributed by atoms with E-state index in [-0.39, 0.29) is 0 Å². The monoisotopic (exact) mass is 353 g/mol. The summed E-state index contributed by atoms with van der Waals surface area (Å²) in [5.74, 6) is 2.62. The summed E-state index contributed by atoms with van der Waals surface area (Å²) in [6.45, 7) is 6.42. The highest BCUT2D eigenvalue weighted by atomic mass is 16.5. The first kappa shape index (κ1) is 18.0. The fourth-order valence-corrected chi connectivity index (χ4v) is 3.03. The molecule has 1 aromatic carbocycles. The van der Waals surface area contributed by atoms with Gasteiger partial charge in [0.2, 0.25) is 5.95 Å². The van der Waals surface area contributed by atoms with Gasteiger partial charge in [-0.05, 0) is 49.2 Å². The molecule has 0 aliphatic rings. The van der Waals surface area contributed by atoms with E-state index in [0.29, 0.717) is 0 Å². The standard InChI is InChI=1S/C20H27N5O/c1-5-13-25(14-6-2)18-12-11-17-19(23-18)24(3)20(22-17)21-15-7-9-16(26-4)10-8-15/h7-12H,5-6,13-14H2,1-4H3,(H,21,22). The summed E-state index contributed by atoms with van der Waals surface area (Å²) in [7, 11) is 3.65. The SMILES string of the molecule is CCCN(CCC)c1ccc2nc(Nc3ccc(OC)cc3)n(C)c2n1. The van der Waals surface area contributed by atoms with E-state index in [9.17, 15) is 0 Å². The normalized spacial score (nSPS) is 10.9. The van der Waals surface area contributed by atoms with E-state index in [1.807, 2.05) is 35.9 Å². The highest BCUT2D eigenvalue weighted by molar-refractivity contribution is 5.78. The first-order valence-electron chi connectivity index (χ1n) is 9.15. The van der Waals surface area contributed by atoms with Gasteiger partial charge in [-0.3, -0.25) is 4.57 Å². The quantitative estimate of drug-likeness (QED) is 0.652. The Kier molecular flexibility index (Phi) is 5.61. The minimum absolute atomic E-state index is 0.771. The molecule has 1 N–H and O–H groups in total. The maximum Gasteiger partial charge on any atom is 0.209 e. The van der Waals surface area contributed by atoms with Gasteiger partial charge < -0.3 is 15.0 Å². The topological polar surface area (TPSA) is 55.2 Å². The minimum atomic E-state index is 0.771. The molecule has 0 aliphatic carbocycles. The molecule has 0 radical (unpaired) electrons. The number of nitrogens with one attached hydrogen (secondary N) is 1. The second-order valence-corrected chi connectivity index (χ2v) is 6.35. The van der Waals surface area contributed by atoms with Crippen LogP contribution in [-0.2, 0) is 7.05 Å². The lowest BCUT2D eigenvalue weighted by Gasteiger charge is -2.22. The van der Waals surface area contributed by atoms with Crippen LogP contribution in [0.15, 0.2) is 36.4 Å². The van der Waals surface area contributed by atoms with Crippen LogP contribution < -0.4 is 15.0 Å². The lowest BCUT2D eigenvalue weighted by molar-refractivity contribution is 0.415. The Morgan fingerprint density at radius 2 is 1.69 bits per heavy atom. The van der Waals surface area contributed by atoms with Crippen molar-refractivity contribution in [3.63, 3.8) is 0 Å². The molecule has 0 bridgehead atoms. The molecule has 26 heavy (non-hydrogen) atoms. The number of hydrogen-bond acceptors (Lipinski definition) is 5. The van der Waals surface area contributed by atoms with Crippen LogP contribution >= 0.6 is 0 Å². The summed E-state index contributed by atoms with van der Waals surface area (Å²) in [6, 6.07) is 11.9. The molecular formula is C20H27N5O. The van der Waals surface area contributed by atoms with Crippen LogP contribution in [0, 0.1) is 0 Å². The summed E-state index contributed by atoms with van der Waals surface area (Å²) >= 11 is 0. The molecule has 3 rings (SSSR count). The van der Waals surface area contributed by atoms with Crippen molar-refractivity contribution in [2.45, 2.75) is 26.7 Å². The van der Waals surface area contributed by atoms with Crippen molar-refractivity contribution in [3.05, 3.63) is 36.4 Å². The molecule has 0 spiro atoms. The van der Waals surface area contributed by atoms with E-state index in [1.165, 1.54) is 0 Å². The molecule has 138 valence electrons. The van der Waals surface area contributed by atoms with E-state index in [4.69, 9.17) is 9.72 Å². The Bertz CT molecular complexity index is 851. The lowest BCUT2D eigenvalue weighted by atomic mass is 10.3. The van der Waals surface area contributed by atoms with Crippen LogP contribution in [0.2, 0.25) is 0 Å². The summed E-state index contributed by atoms with van der Waals surface area (Å²) in [6.07, 6.45) is 2.21. The average Bonchev–Trinajstić information content (AvgIpc) is 2.97. The lowest BCUT2D eigenvalue weighted by Crippen LogP contribution is -2.25. The zero-order valence-electron chi connectivity index (χ0n) is 16.0. The maximum atomic E-state index is 5.20. The van der Waals surface area contributed by atoms with Crippen molar-refractivity contribution in [2.75, 3.05) is 30.4 Å². The Hall–Kier alpha value is -2.76. The van der Waals surface area contributed by atoms with Gasteiger partial charge in [0.15, 0.2) is 5.65 Å². The maximum absolute atomic E-state index is 5.20. The molecule has 2 heterocycles. The van der Waals surface area contributed by atoms with Crippen LogP contribution in [0.3, 0.4) is 0 Å². The van der Waals surface area contributed by atoms with Gasteiger partial charge in [-0.25, -0.2) is 9.97 Å². The van der Waals surface area contributed by atoms with Gasteiger partial charge in [-0.2, -0.15) is 0 Å². The van der Waals surface area contributed by atoms with E-state index >= 15 is 0 Å². The second-order valence-electron chi connectivity index (χ2n) is 6.35. The average molecular weight is 353 g/mol. The van der Waals surface area contributed by atoms with Crippen molar-refractivity contribution in [2.24, 2.45) is 7.05 Å².